The number of rotatable bonds is 3. The maximum absolute atomic E-state index is 12.4. The van der Waals surface area contributed by atoms with Gasteiger partial charge in [0, 0.05) is 6.54 Å². The standard InChI is InChI=1S/C14H10BrClF3N/c15-13-11(16)2-1-3-12(13)20-8-9-4-6-10(7-5-9)14(17,18)19/h1-7,20H,8H2. The Morgan fingerprint density at radius 1 is 1.05 bits per heavy atom. The quantitative estimate of drug-likeness (QED) is 0.733. The van der Waals surface area contributed by atoms with Gasteiger partial charge in [0.25, 0.3) is 0 Å². The van der Waals surface area contributed by atoms with Crippen LogP contribution in [-0.4, -0.2) is 0 Å². The number of benzene rings is 2. The second-order valence-electron chi connectivity index (χ2n) is 4.15. The second kappa shape index (κ2) is 6.06. The van der Waals surface area contributed by atoms with Crippen molar-refractivity contribution >= 4 is 33.2 Å². The van der Waals surface area contributed by atoms with Gasteiger partial charge in [0.15, 0.2) is 0 Å². The number of halogens is 5. The lowest BCUT2D eigenvalue weighted by molar-refractivity contribution is -0.137. The molecule has 0 aliphatic rings. The molecule has 0 atom stereocenters. The van der Waals surface area contributed by atoms with Crippen molar-refractivity contribution < 1.29 is 13.2 Å². The van der Waals surface area contributed by atoms with E-state index in [0.29, 0.717) is 11.6 Å². The van der Waals surface area contributed by atoms with Crippen LogP contribution in [-0.2, 0) is 12.7 Å². The van der Waals surface area contributed by atoms with Crippen molar-refractivity contribution in [3.05, 3.63) is 63.1 Å². The van der Waals surface area contributed by atoms with Crippen molar-refractivity contribution in [3.8, 4) is 0 Å². The minimum atomic E-state index is -4.30. The zero-order valence-electron chi connectivity index (χ0n) is 10.1. The fourth-order valence-corrected chi connectivity index (χ4v) is 2.23. The molecule has 0 fully saturated rings. The molecule has 0 amide bonds. The van der Waals surface area contributed by atoms with Crippen LogP contribution in [0.5, 0.6) is 0 Å². The van der Waals surface area contributed by atoms with Crippen molar-refractivity contribution in [2.24, 2.45) is 0 Å². The Balaban J connectivity index is 2.06. The summed E-state index contributed by atoms with van der Waals surface area (Å²) in [7, 11) is 0. The maximum Gasteiger partial charge on any atom is 0.416 e. The van der Waals surface area contributed by atoms with Crippen molar-refractivity contribution in [1.29, 1.82) is 0 Å². The average Bonchev–Trinajstić information content (AvgIpc) is 2.40. The van der Waals surface area contributed by atoms with E-state index in [0.717, 1.165) is 27.9 Å². The molecule has 106 valence electrons. The summed E-state index contributed by atoms with van der Waals surface area (Å²) in [4.78, 5) is 0. The Morgan fingerprint density at radius 2 is 1.70 bits per heavy atom. The summed E-state index contributed by atoms with van der Waals surface area (Å²) >= 11 is 9.30. The third kappa shape index (κ3) is 3.67. The monoisotopic (exact) mass is 363 g/mol. The Bertz CT molecular complexity index is 596. The molecule has 0 aliphatic heterocycles. The largest absolute Gasteiger partial charge is 0.416 e. The first-order valence-electron chi connectivity index (χ1n) is 5.72. The molecule has 0 aliphatic carbocycles. The Hall–Kier alpha value is -1.20. The fourth-order valence-electron chi connectivity index (χ4n) is 1.65. The average molecular weight is 365 g/mol. The summed E-state index contributed by atoms with van der Waals surface area (Å²) in [6.45, 7) is 0.414. The van der Waals surface area contributed by atoms with E-state index in [-0.39, 0.29) is 0 Å². The summed E-state index contributed by atoms with van der Waals surface area (Å²) in [5, 5.41) is 3.69. The van der Waals surface area contributed by atoms with Gasteiger partial charge in [0.1, 0.15) is 0 Å². The molecule has 6 heteroatoms. The molecule has 1 N–H and O–H groups in total. The molecule has 2 rings (SSSR count). The third-order valence-electron chi connectivity index (χ3n) is 2.72. The molecular formula is C14H10BrClF3N. The Morgan fingerprint density at radius 3 is 2.30 bits per heavy atom. The van der Waals surface area contributed by atoms with Gasteiger partial charge in [-0.2, -0.15) is 13.2 Å². The van der Waals surface area contributed by atoms with Crippen molar-refractivity contribution in [2.75, 3.05) is 5.32 Å². The van der Waals surface area contributed by atoms with Gasteiger partial charge in [-0.05, 0) is 45.8 Å². The Kier molecular flexibility index (Phi) is 4.60. The van der Waals surface area contributed by atoms with Crippen LogP contribution in [0.25, 0.3) is 0 Å². The molecule has 0 saturated carbocycles. The van der Waals surface area contributed by atoms with Crippen LogP contribution in [0.1, 0.15) is 11.1 Å². The van der Waals surface area contributed by atoms with Gasteiger partial charge in [0.2, 0.25) is 0 Å². The summed E-state index contributed by atoms with van der Waals surface area (Å²) in [6.07, 6.45) is -4.30. The highest BCUT2D eigenvalue weighted by atomic mass is 79.9. The molecule has 0 saturated heterocycles. The fraction of sp³-hybridized carbons (Fsp3) is 0.143. The molecule has 0 heterocycles. The zero-order chi connectivity index (χ0) is 14.8. The molecule has 0 unspecified atom stereocenters. The second-order valence-corrected chi connectivity index (χ2v) is 5.35. The summed E-state index contributed by atoms with van der Waals surface area (Å²) in [5.41, 5.74) is 0.896. The molecule has 0 spiro atoms. The van der Waals surface area contributed by atoms with Crippen LogP contribution in [0.3, 0.4) is 0 Å². The molecule has 2 aromatic rings. The van der Waals surface area contributed by atoms with E-state index < -0.39 is 11.7 Å². The predicted molar refractivity (Wildman–Crippen MR) is 77.9 cm³/mol. The Labute approximate surface area is 127 Å². The predicted octanol–water partition coefficient (Wildman–Crippen LogP) is 5.73. The van der Waals surface area contributed by atoms with E-state index in [9.17, 15) is 13.2 Å². The van der Waals surface area contributed by atoms with Crippen LogP contribution in [0.2, 0.25) is 5.02 Å². The van der Waals surface area contributed by atoms with E-state index in [4.69, 9.17) is 11.6 Å². The van der Waals surface area contributed by atoms with Crippen molar-refractivity contribution in [1.82, 2.24) is 0 Å². The van der Waals surface area contributed by atoms with E-state index >= 15 is 0 Å². The molecule has 1 nitrogen and oxygen atoms in total. The summed E-state index contributed by atoms with van der Waals surface area (Å²) < 4.78 is 38.0. The van der Waals surface area contributed by atoms with Gasteiger partial charge < -0.3 is 5.32 Å². The first kappa shape index (κ1) is 15.2. The van der Waals surface area contributed by atoms with Crippen molar-refractivity contribution in [2.45, 2.75) is 12.7 Å². The van der Waals surface area contributed by atoms with Crippen LogP contribution in [0.4, 0.5) is 18.9 Å². The number of alkyl halides is 3. The first-order valence-corrected chi connectivity index (χ1v) is 6.89. The molecular weight excluding hydrogens is 355 g/mol. The highest BCUT2D eigenvalue weighted by Crippen LogP contribution is 2.31. The zero-order valence-corrected chi connectivity index (χ0v) is 12.5. The van der Waals surface area contributed by atoms with Crippen molar-refractivity contribution in [3.63, 3.8) is 0 Å². The van der Waals surface area contributed by atoms with E-state index in [1.54, 1.807) is 12.1 Å². The van der Waals surface area contributed by atoms with E-state index in [1.165, 1.54) is 12.1 Å². The number of hydrogen-bond donors (Lipinski definition) is 1. The van der Waals surface area contributed by atoms with Crippen LogP contribution < -0.4 is 5.32 Å². The lowest BCUT2D eigenvalue weighted by Gasteiger charge is -2.11. The van der Waals surface area contributed by atoms with Crippen LogP contribution in [0, 0.1) is 0 Å². The normalized spacial score (nSPS) is 11.4. The maximum atomic E-state index is 12.4. The smallest absolute Gasteiger partial charge is 0.380 e. The first-order chi connectivity index (χ1) is 9.38. The summed E-state index contributed by atoms with van der Waals surface area (Å²) in [5.74, 6) is 0. The summed E-state index contributed by atoms with van der Waals surface area (Å²) in [6, 6.07) is 10.4. The minimum absolute atomic E-state index is 0.414. The highest BCUT2D eigenvalue weighted by molar-refractivity contribution is 9.10. The highest BCUT2D eigenvalue weighted by Gasteiger charge is 2.29. The van der Waals surface area contributed by atoms with E-state index in [1.807, 2.05) is 6.07 Å². The molecule has 0 aromatic heterocycles. The number of hydrogen-bond acceptors (Lipinski definition) is 1. The lowest BCUT2D eigenvalue weighted by Crippen LogP contribution is -2.05. The SMILES string of the molecule is FC(F)(F)c1ccc(CNc2cccc(Cl)c2Br)cc1. The molecule has 20 heavy (non-hydrogen) atoms. The topological polar surface area (TPSA) is 12.0 Å². The van der Waals surface area contributed by atoms with E-state index in [2.05, 4.69) is 21.2 Å². The van der Waals surface area contributed by atoms with Gasteiger partial charge >= 0.3 is 6.18 Å². The molecule has 0 bridgehead atoms. The van der Waals surface area contributed by atoms with Gasteiger partial charge in [-0.25, -0.2) is 0 Å². The van der Waals surface area contributed by atoms with Gasteiger partial charge in [0.05, 0.1) is 20.7 Å². The lowest BCUT2D eigenvalue weighted by atomic mass is 10.1. The number of anilines is 1. The van der Waals surface area contributed by atoms with Gasteiger partial charge in [-0.3, -0.25) is 0 Å². The van der Waals surface area contributed by atoms with Gasteiger partial charge in [-0.15, -0.1) is 0 Å². The molecule has 2 aromatic carbocycles. The van der Waals surface area contributed by atoms with Crippen LogP contribution in [0.15, 0.2) is 46.9 Å². The molecule has 0 radical (unpaired) electrons. The van der Waals surface area contributed by atoms with Gasteiger partial charge in [-0.1, -0.05) is 29.8 Å². The van der Waals surface area contributed by atoms with Crippen LogP contribution >= 0.6 is 27.5 Å². The minimum Gasteiger partial charge on any atom is -0.380 e. The number of nitrogens with one attached hydrogen (secondary N) is 1. The third-order valence-corrected chi connectivity index (χ3v) is 4.11.